The Morgan fingerprint density at radius 3 is 2.52 bits per heavy atom. The Balaban J connectivity index is 1.63. The molecule has 0 aliphatic rings. The number of ether oxygens (including phenoxy) is 1. The van der Waals surface area contributed by atoms with Crippen molar-refractivity contribution in [3.8, 4) is 11.8 Å². The predicted octanol–water partition coefficient (Wildman–Crippen LogP) is 3.15. The molecular weight excluding hydrogens is 308 g/mol. The van der Waals surface area contributed by atoms with Crippen LogP contribution in [0.4, 0.5) is 0 Å². The fourth-order valence-electron chi connectivity index (χ4n) is 1.82. The lowest BCUT2D eigenvalue weighted by atomic mass is 10.2. The lowest BCUT2D eigenvalue weighted by Crippen LogP contribution is -2.30. The second kappa shape index (κ2) is 8.86. The fraction of sp³-hybridized carbons (Fsp3) is 0.222. The number of carbonyl (C=O) groups is 1. The Kier molecular flexibility index (Phi) is 6.52. The van der Waals surface area contributed by atoms with Gasteiger partial charge in [-0.15, -0.1) is 11.8 Å². The molecule has 0 aliphatic carbocycles. The van der Waals surface area contributed by atoms with Gasteiger partial charge in [0.2, 0.25) is 0 Å². The molecule has 2 aromatic carbocycles. The van der Waals surface area contributed by atoms with Crippen LogP contribution in [0.5, 0.6) is 5.75 Å². The van der Waals surface area contributed by atoms with Gasteiger partial charge in [0, 0.05) is 17.2 Å². The summed E-state index contributed by atoms with van der Waals surface area (Å²) in [4.78, 5) is 12.9. The van der Waals surface area contributed by atoms with Crippen LogP contribution in [0.25, 0.3) is 0 Å². The molecule has 118 valence electrons. The van der Waals surface area contributed by atoms with E-state index in [0.29, 0.717) is 17.9 Å². The van der Waals surface area contributed by atoms with Crippen molar-refractivity contribution >= 4 is 17.7 Å². The lowest BCUT2D eigenvalue weighted by molar-refractivity contribution is -0.122. The van der Waals surface area contributed by atoms with Gasteiger partial charge in [-0.05, 0) is 43.3 Å². The molecule has 0 spiro atoms. The van der Waals surface area contributed by atoms with Gasteiger partial charge in [-0.3, -0.25) is 4.79 Å². The van der Waals surface area contributed by atoms with E-state index in [9.17, 15) is 4.79 Å². The quantitative estimate of drug-likeness (QED) is 0.627. The molecule has 0 radical (unpaired) electrons. The van der Waals surface area contributed by atoms with Gasteiger partial charge < -0.3 is 10.1 Å². The summed E-state index contributed by atoms with van der Waals surface area (Å²) in [6.07, 6.45) is 0. The normalized spacial score (nSPS) is 9.91. The molecule has 0 fully saturated rings. The van der Waals surface area contributed by atoms with E-state index in [2.05, 4.69) is 36.5 Å². The number of carbonyl (C=O) groups excluding carboxylic acids is 1. The first-order chi connectivity index (χ1) is 11.2. The van der Waals surface area contributed by atoms with Gasteiger partial charge in [-0.25, -0.2) is 0 Å². The highest BCUT2D eigenvalue weighted by atomic mass is 32.2. The van der Waals surface area contributed by atoms with E-state index in [0.717, 1.165) is 5.75 Å². The summed E-state index contributed by atoms with van der Waals surface area (Å²) in [5.74, 6) is 1.23. The molecule has 5 heteroatoms. The second-order valence-electron chi connectivity index (χ2n) is 4.94. The summed E-state index contributed by atoms with van der Waals surface area (Å²) >= 11 is 1.70. The number of amides is 1. The minimum absolute atomic E-state index is 0.0267. The molecule has 0 heterocycles. The van der Waals surface area contributed by atoms with Crippen LogP contribution in [-0.4, -0.2) is 24.8 Å². The van der Waals surface area contributed by atoms with Crippen LogP contribution in [-0.2, 0) is 4.79 Å². The third-order valence-corrected chi connectivity index (χ3v) is 4.08. The number of thioether (sulfide) groups is 1. The minimum Gasteiger partial charge on any atom is -0.484 e. The highest BCUT2D eigenvalue weighted by molar-refractivity contribution is 7.99. The Bertz CT molecular complexity index is 676. The van der Waals surface area contributed by atoms with Crippen LogP contribution in [0, 0.1) is 18.3 Å². The highest BCUT2D eigenvalue weighted by Gasteiger charge is 2.03. The summed E-state index contributed by atoms with van der Waals surface area (Å²) in [5.41, 5.74) is 1.80. The van der Waals surface area contributed by atoms with Crippen LogP contribution in [0.3, 0.4) is 0 Å². The number of nitriles is 1. The lowest BCUT2D eigenvalue weighted by Gasteiger charge is -2.07. The van der Waals surface area contributed by atoms with Crippen molar-refractivity contribution in [2.24, 2.45) is 0 Å². The van der Waals surface area contributed by atoms with Crippen molar-refractivity contribution < 1.29 is 9.53 Å². The van der Waals surface area contributed by atoms with Crippen molar-refractivity contribution in [1.82, 2.24) is 5.32 Å². The Morgan fingerprint density at radius 2 is 1.87 bits per heavy atom. The van der Waals surface area contributed by atoms with Crippen LogP contribution >= 0.6 is 11.8 Å². The van der Waals surface area contributed by atoms with Gasteiger partial charge >= 0.3 is 0 Å². The molecule has 0 saturated carbocycles. The minimum atomic E-state index is -0.154. The smallest absolute Gasteiger partial charge is 0.257 e. The number of nitrogens with zero attached hydrogens (tertiary/aromatic N) is 1. The number of hydrogen-bond acceptors (Lipinski definition) is 4. The summed E-state index contributed by atoms with van der Waals surface area (Å²) in [7, 11) is 0. The second-order valence-corrected chi connectivity index (χ2v) is 6.10. The van der Waals surface area contributed by atoms with Crippen molar-refractivity contribution in [1.29, 1.82) is 5.26 Å². The van der Waals surface area contributed by atoms with Crippen molar-refractivity contribution in [2.45, 2.75) is 11.8 Å². The van der Waals surface area contributed by atoms with Gasteiger partial charge in [-0.2, -0.15) is 5.26 Å². The molecule has 0 bridgehead atoms. The predicted molar refractivity (Wildman–Crippen MR) is 91.6 cm³/mol. The first-order valence-electron chi connectivity index (χ1n) is 7.26. The van der Waals surface area contributed by atoms with E-state index < -0.39 is 0 Å². The van der Waals surface area contributed by atoms with E-state index in [1.165, 1.54) is 10.5 Å². The van der Waals surface area contributed by atoms with E-state index >= 15 is 0 Å². The van der Waals surface area contributed by atoms with Crippen molar-refractivity contribution in [3.05, 3.63) is 59.7 Å². The zero-order chi connectivity index (χ0) is 16.5. The monoisotopic (exact) mass is 326 g/mol. The summed E-state index contributed by atoms with van der Waals surface area (Å²) < 4.78 is 5.37. The van der Waals surface area contributed by atoms with Crippen LogP contribution in [0.2, 0.25) is 0 Å². The molecule has 0 saturated heterocycles. The Labute approximate surface area is 140 Å². The molecule has 0 aliphatic heterocycles. The first kappa shape index (κ1) is 16.9. The Hall–Kier alpha value is -2.45. The number of nitrogens with one attached hydrogen (secondary N) is 1. The Morgan fingerprint density at radius 1 is 1.17 bits per heavy atom. The number of hydrogen-bond donors (Lipinski definition) is 1. The number of rotatable bonds is 7. The fourth-order valence-corrected chi connectivity index (χ4v) is 2.59. The molecule has 0 atom stereocenters. The van der Waals surface area contributed by atoms with Gasteiger partial charge in [0.05, 0.1) is 11.6 Å². The molecule has 0 aromatic heterocycles. The van der Waals surface area contributed by atoms with Crippen molar-refractivity contribution in [3.63, 3.8) is 0 Å². The molecule has 2 rings (SSSR count). The molecule has 1 N–H and O–H groups in total. The summed E-state index contributed by atoms with van der Waals surface area (Å²) in [5, 5.41) is 11.5. The van der Waals surface area contributed by atoms with E-state index in [4.69, 9.17) is 10.00 Å². The molecular formula is C18H18N2O2S. The van der Waals surface area contributed by atoms with Gasteiger partial charge in [0.15, 0.2) is 6.61 Å². The van der Waals surface area contributed by atoms with E-state index in [1.807, 2.05) is 6.07 Å². The zero-order valence-electron chi connectivity index (χ0n) is 12.9. The van der Waals surface area contributed by atoms with E-state index in [1.54, 1.807) is 36.0 Å². The topological polar surface area (TPSA) is 62.1 Å². The van der Waals surface area contributed by atoms with Gasteiger partial charge in [-0.1, -0.05) is 17.7 Å². The molecule has 23 heavy (non-hydrogen) atoms. The summed E-state index contributed by atoms with van der Waals surface area (Å²) in [6, 6.07) is 17.0. The van der Waals surface area contributed by atoms with Gasteiger partial charge in [0.25, 0.3) is 5.91 Å². The van der Waals surface area contributed by atoms with E-state index in [-0.39, 0.29) is 12.5 Å². The third kappa shape index (κ3) is 6.05. The number of aryl methyl sites for hydroxylation is 1. The molecule has 2 aromatic rings. The maximum atomic E-state index is 11.7. The van der Waals surface area contributed by atoms with Gasteiger partial charge in [0.1, 0.15) is 5.75 Å². The zero-order valence-corrected chi connectivity index (χ0v) is 13.7. The maximum absolute atomic E-state index is 11.7. The van der Waals surface area contributed by atoms with Crippen LogP contribution in [0.15, 0.2) is 53.4 Å². The van der Waals surface area contributed by atoms with Crippen LogP contribution in [0.1, 0.15) is 11.1 Å². The standard InChI is InChI=1S/C18H18N2O2S/c1-14-2-8-17(9-3-14)23-11-10-20-18(21)13-22-16-6-4-15(12-19)5-7-16/h2-9H,10-11,13H2,1H3,(H,20,21). The molecule has 4 nitrogen and oxygen atoms in total. The maximum Gasteiger partial charge on any atom is 0.257 e. The SMILES string of the molecule is Cc1ccc(SCCNC(=O)COc2ccc(C#N)cc2)cc1. The molecule has 0 unspecified atom stereocenters. The largest absolute Gasteiger partial charge is 0.484 e. The first-order valence-corrected chi connectivity index (χ1v) is 8.25. The average molecular weight is 326 g/mol. The average Bonchev–Trinajstić information content (AvgIpc) is 2.59. The third-order valence-electron chi connectivity index (χ3n) is 3.07. The number of benzene rings is 2. The molecule has 1 amide bonds. The van der Waals surface area contributed by atoms with Crippen molar-refractivity contribution in [2.75, 3.05) is 18.9 Å². The summed E-state index contributed by atoms with van der Waals surface area (Å²) in [6.45, 7) is 2.62. The van der Waals surface area contributed by atoms with Crippen LogP contribution < -0.4 is 10.1 Å². The highest BCUT2D eigenvalue weighted by Crippen LogP contribution is 2.17.